The fraction of sp³-hybridized carbons (Fsp3) is 0.923. The van der Waals surface area contributed by atoms with Crippen LogP contribution in [-0.2, 0) is 4.74 Å². The van der Waals surface area contributed by atoms with Gasteiger partial charge in [-0.15, -0.1) is 0 Å². The molecule has 4 heteroatoms. The predicted molar refractivity (Wildman–Crippen MR) is 71.2 cm³/mol. The number of ether oxygens (including phenoxy) is 1. The van der Waals surface area contributed by atoms with Crippen molar-refractivity contribution in [3.63, 3.8) is 0 Å². The summed E-state index contributed by atoms with van der Waals surface area (Å²) < 4.78 is 5.13. The summed E-state index contributed by atoms with van der Waals surface area (Å²) in [6, 6.07) is 0. The second-order valence-electron chi connectivity index (χ2n) is 5.24. The maximum absolute atomic E-state index is 11.3. The molecular weight excluding hydrogens is 216 g/mol. The first-order valence-corrected chi connectivity index (χ1v) is 6.63. The van der Waals surface area contributed by atoms with Gasteiger partial charge in [-0.3, -0.25) is 0 Å². The molecule has 0 fully saturated rings. The Morgan fingerprint density at radius 1 is 1.06 bits per heavy atom. The zero-order valence-corrected chi connectivity index (χ0v) is 11.8. The maximum Gasteiger partial charge on any atom is 0.407 e. The van der Waals surface area contributed by atoms with Crippen molar-refractivity contribution >= 4 is 6.09 Å². The molecule has 0 aliphatic heterocycles. The molecule has 2 N–H and O–H groups in total. The highest BCUT2D eigenvalue weighted by atomic mass is 16.6. The summed E-state index contributed by atoms with van der Waals surface area (Å²) in [6.07, 6.45) is 4.21. The third kappa shape index (κ3) is 13.2. The van der Waals surface area contributed by atoms with Gasteiger partial charge < -0.3 is 15.4 Å². The van der Waals surface area contributed by atoms with Gasteiger partial charge in [-0.2, -0.15) is 0 Å². The van der Waals surface area contributed by atoms with E-state index in [-0.39, 0.29) is 6.09 Å². The van der Waals surface area contributed by atoms with Crippen LogP contribution in [-0.4, -0.2) is 31.3 Å². The van der Waals surface area contributed by atoms with E-state index in [1.807, 2.05) is 20.8 Å². The summed E-state index contributed by atoms with van der Waals surface area (Å²) in [5.74, 6) is 0. The van der Waals surface area contributed by atoms with Gasteiger partial charge in [-0.05, 0) is 53.1 Å². The first-order chi connectivity index (χ1) is 7.95. The molecule has 0 spiro atoms. The Kier molecular flexibility index (Phi) is 8.86. The van der Waals surface area contributed by atoms with Crippen molar-refractivity contribution in [2.75, 3.05) is 19.6 Å². The summed E-state index contributed by atoms with van der Waals surface area (Å²) in [6.45, 7) is 10.6. The molecular formula is C13H28N2O2. The number of hydrogen-bond acceptors (Lipinski definition) is 3. The molecule has 0 unspecified atom stereocenters. The third-order valence-electron chi connectivity index (χ3n) is 2.16. The maximum atomic E-state index is 11.3. The van der Waals surface area contributed by atoms with Crippen LogP contribution in [0.5, 0.6) is 0 Å². The van der Waals surface area contributed by atoms with Crippen LogP contribution in [0.25, 0.3) is 0 Å². The standard InChI is InChI=1S/C13H28N2O2/c1-5-6-9-14-10-7-8-11-15-12(16)17-13(2,3)4/h14H,5-11H2,1-4H3,(H,15,16). The predicted octanol–water partition coefficient (Wildman–Crippen LogP) is 2.68. The van der Waals surface area contributed by atoms with Crippen LogP contribution in [0.1, 0.15) is 53.4 Å². The minimum atomic E-state index is -0.411. The lowest BCUT2D eigenvalue weighted by atomic mass is 10.2. The number of nitrogens with one attached hydrogen (secondary N) is 2. The van der Waals surface area contributed by atoms with Crippen LogP contribution < -0.4 is 10.6 Å². The Morgan fingerprint density at radius 2 is 1.65 bits per heavy atom. The zero-order chi connectivity index (χ0) is 13.1. The quantitative estimate of drug-likeness (QED) is 0.645. The molecule has 0 aromatic rings. The number of hydrogen-bond donors (Lipinski definition) is 2. The highest BCUT2D eigenvalue weighted by Crippen LogP contribution is 2.06. The van der Waals surface area contributed by atoms with Crippen molar-refractivity contribution in [2.24, 2.45) is 0 Å². The molecule has 102 valence electrons. The molecule has 0 heterocycles. The molecule has 0 aliphatic rings. The van der Waals surface area contributed by atoms with Crippen LogP contribution in [0.3, 0.4) is 0 Å². The number of unbranched alkanes of at least 4 members (excludes halogenated alkanes) is 2. The molecule has 0 aromatic heterocycles. The monoisotopic (exact) mass is 244 g/mol. The number of carbonyl (C=O) groups excluding carboxylic acids is 1. The first kappa shape index (κ1) is 16.2. The van der Waals surface area contributed by atoms with E-state index in [1.165, 1.54) is 12.8 Å². The van der Waals surface area contributed by atoms with Gasteiger partial charge in [0.15, 0.2) is 0 Å². The molecule has 0 radical (unpaired) electrons. The Hall–Kier alpha value is -0.770. The topological polar surface area (TPSA) is 50.4 Å². The van der Waals surface area contributed by atoms with E-state index in [2.05, 4.69) is 17.6 Å². The summed E-state index contributed by atoms with van der Waals surface area (Å²) in [5, 5.41) is 6.12. The average molecular weight is 244 g/mol. The normalized spacial score (nSPS) is 11.3. The largest absolute Gasteiger partial charge is 0.444 e. The molecule has 0 rings (SSSR count). The molecule has 0 saturated carbocycles. The van der Waals surface area contributed by atoms with Crippen molar-refractivity contribution in [3.8, 4) is 0 Å². The van der Waals surface area contributed by atoms with E-state index in [4.69, 9.17) is 4.74 Å². The fourth-order valence-electron chi connectivity index (χ4n) is 1.31. The fourth-order valence-corrected chi connectivity index (χ4v) is 1.31. The number of alkyl carbamates (subject to hydrolysis) is 1. The minimum Gasteiger partial charge on any atom is -0.444 e. The summed E-state index contributed by atoms with van der Waals surface area (Å²) >= 11 is 0. The highest BCUT2D eigenvalue weighted by Gasteiger charge is 2.15. The van der Waals surface area contributed by atoms with Gasteiger partial charge >= 0.3 is 6.09 Å². The van der Waals surface area contributed by atoms with Crippen molar-refractivity contribution < 1.29 is 9.53 Å². The van der Waals surface area contributed by atoms with E-state index in [0.29, 0.717) is 6.54 Å². The van der Waals surface area contributed by atoms with E-state index in [9.17, 15) is 4.79 Å². The lowest BCUT2D eigenvalue weighted by molar-refractivity contribution is 0.0527. The third-order valence-corrected chi connectivity index (χ3v) is 2.16. The molecule has 0 bridgehead atoms. The molecule has 4 nitrogen and oxygen atoms in total. The van der Waals surface area contributed by atoms with Crippen molar-refractivity contribution in [1.82, 2.24) is 10.6 Å². The summed E-state index contributed by atoms with van der Waals surface area (Å²) in [4.78, 5) is 11.3. The van der Waals surface area contributed by atoms with Gasteiger partial charge in [0.05, 0.1) is 0 Å². The van der Waals surface area contributed by atoms with E-state index in [1.54, 1.807) is 0 Å². The molecule has 0 aliphatic carbocycles. The minimum absolute atomic E-state index is 0.323. The number of carbonyl (C=O) groups is 1. The van der Waals surface area contributed by atoms with E-state index >= 15 is 0 Å². The van der Waals surface area contributed by atoms with E-state index in [0.717, 1.165) is 25.9 Å². The lowest BCUT2D eigenvalue weighted by Crippen LogP contribution is -2.33. The molecule has 0 atom stereocenters. The van der Waals surface area contributed by atoms with Gasteiger partial charge in [0.1, 0.15) is 5.60 Å². The average Bonchev–Trinajstić information content (AvgIpc) is 2.19. The van der Waals surface area contributed by atoms with E-state index < -0.39 is 5.60 Å². The Labute approximate surface area is 105 Å². The van der Waals surface area contributed by atoms with Gasteiger partial charge in [0.25, 0.3) is 0 Å². The molecule has 1 amide bonds. The Bertz CT molecular complexity index is 200. The highest BCUT2D eigenvalue weighted by molar-refractivity contribution is 5.67. The van der Waals surface area contributed by atoms with Crippen LogP contribution in [0.2, 0.25) is 0 Å². The van der Waals surface area contributed by atoms with Gasteiger partial charge in [0, 0.05) is 6.54 Å². The van der Waals surface area contributed by atoms with Crippen molar-refractivity contribution in [3.05, 3.63) is 0 Å². The molecule has 0 aromatic carbocycles. The summed E-state index contributed by atoms with van der Waals surface area (Å²) in [7, 11) is 0. The van der Waals surface area contributed by atoms with Gasteiger partial charge in [-0.1, -0.05) is 13.3 Å². The van der Waals surface area contributed by atoms with Crippen molar-refractivity contribution in [1.29, 1.82) is 0 Å². The zero-order valence-electron chi connectivity index (χ0n) is 11.8. The van der Waals surface area contributed by atoms with Crippen LogP contribution in [0.15, 0.2) is 0 Å². The second kappa shape index (κ2) is 9.28. The van der Waals surface area contributed by atoms with Crippen LogP contribution in [0.4, 0.5) is 4.79 Å². The SMILES string of the molecule is CCCCNCCCCNC(=O)OC(C)(C)C. The lowest BCUT2D eigenvalue weighted by Gasteiger charge is -2.19. The van der Waals surface area contributed by atoms with Crippen molar-refractivity contribution in [2.45, 2.75) is 59.0 Å². The molecule has 17 heavy (non-hydrogen) atoms. The number of rotatable bonds is 8. The van der Waals surface area contributed by atoms with Gasteiger partial charge in [-0.25, -0.2) is 4.79 Å². The molecule has 0 saturated heterocycles. The summed E-state index contributed by atoms with van der Waals surface area (Å²) in [5.41, 5.74) is -0.411. The van der Waals surface area contributed by atoms with Crippen LogP contribution >= 0.6 is 0 Å². The Morgan fingerprint density at radius 3 is 2.24 bits per heavy atom. The second-order valence-corrected chi connectivity index (χ2v) is 5.24. The Balaban J connectivity index is 3.25. The first-order valence-electron chi connectivity index (χ1n) is 6.63. The number of amides is 1. The smallest absolute Gasteiger partial charge is 0.407 e. The van der Waals surface area contributed by atoms with Crippen LogP contribution in [0, 0.1) is 0 Å². The van der Waals surface area contributed by atoms with Gasteiger partial charge in [0.2, 0.25) is 0 Å².